The molecule has 9 aromatic carbocycles. The molecular formula is C57H41NO. The van der Waals surface area contributed by atoms with Gasteiger partial charge in [-0.15, -0.1) is 0 Å². The van der Waals surface area contributed by atoms with E-state index in [1.807, 2.05) is 0 Å². The van der Waals surface area contributed by atoms with Crippen molar-refractivity contribution in [2.75, 3.05) is 4.90 Å². The van der Waals surface area contributed by atoms with Crippen molar-refractivity contribution in [3.63, 3.8) is 0 Å². The van der Waals surface area contributed by atoms with E-state index in [0.29, 0.717) is 0 Å². The molecule has 0 radical (unpaired) electrons. The zero-order valence-corrected chi connectivity index (χ0v) is 33.1. The van der Waals surface area contributed by atoms with Crippen LogP contribution < -0.4 is 9.64 Å². The molecule has 1 aliphatic carbocycles. The Morgan fingerprint density at radius 3 is 1.58 bits per heavy atom. The van der Waals surface area contributed by atoms with E-state index in [1.165, 1.54) is 44.5 Å². The number of anilines is 3. The van der Waals surface area contributed by atoms with E-state index in [-0.39, 0.29) is 5.41 Å². The number of ether oxygens (including phenoxy) is 1. The smallest absolute Gasteiger partial charge is 0.159 e. The van der Waals surface area contributed by atoms with Crippen molar-refractivity contribution < 1.29 is 4.74 Å². The molecule has 0 atom stereocenters. The average molecular weight is 756 g/mol. The summed E-state index contributed by atoms with van der Waals surface area (Å²) in [5, 5.41) is 0. The summed E-state index contributed by atoms with van der Waals surface area (Å²) in [5.74, 6) is 1.66. The number of benzene rings is 9. The molecule has 0 bridgehead atoms. The molecule has 0 aromatic heterocycles. The van der Waals surface area contributed by atoms with Gasteiger partial charge in [-0.05, 0) is 103 Å². The SMILES string of the molecule is CC1(C)c2ccccc2-c2ccc(N(c3ccc(-c4ccccc4)cc3)c3cccc4c3Oc3cccc(-c5ccc(-c6ccccc6)cc5)c3-c3ccccc3-4)cc21. The van der Waals surface area contributed by atoms with Gasteiger partial charge in [0.15, 0.2) is 5.75 Å². The van der Waals surface area contributed by atoms with Gasteiger partial charge in [0.1, 0.15) is 5.75 Å². The molecule has 0 unspecified atom stereocenters. The summed E-state index contributed by atoms with van der Waals surface area (Å²) in [6, 6.07) is 76.6. The van der Waals surface area contributed by atoms with E-state index < -0.39 is 0 Å². The first kappa shape index (κ1) is 34.8. The number of nitrogens with zero attached hydrogens (tertiary/aromatic N) is 1. The lowest BCUT2D eigenvalue weighted by Crippen LogP contribution is -2.17. The Balaban J connectivity index is 1.09. The molecular weight excluding hydrogens is 715 g/mol. The molecule has 0 saturated carbocycles. The van der Waals surface area contributed by atoms with Gasteiger partial charge in [0.05, 0.1) is 5.69 Å². The molecule has 2 aliphatic rings. The fourth-order valence-corrected chi connectivity index (χ4v) is 9.37. The normalized spacial score (nSPS) is 12.8. The monoisotopic (exact) mass is 755 g/mol. The van der Waals surface area contributed by atoms with Gasteiger partial charge in [-0.2, -0.15) is 0 Å². The Kier molecular flexibility index (Phi) is 8.20. The molecule has 11 rings (SSSR count). The minimum atomic E-state index is -0.150. The van der Waals surface area contributed by atoms with Crippen molar-refractivity contribution in [3.8, 4) is 78.3 Å². The maximum atomic E-state index is 7.33. The molecule has 0 amide bonds. The van der Waals surface area contributed by atoms with Crippen LogP contribution in [0.15, 0.2) is 212 Å². The second-order valence-electron chi connectivity index (χ2n) is 16.1. The first-order valence-electron chi connectivity index (χ1n) is 20.4. The van der Waals surface area contributed by atoms with Crippen LogP contribution in [0.25, 0.3) is 66.8 Å². The van der Waals surface area contributed by atoms with Crippen molar-refractivity contribution in [2.45, 2.75) is 19.3 Å². The van der Waals surface area contributed by atoms with Crippen LogP contribution in [-0.4, -0.2) is 0 Å². The summed E-state index contributed by atoms with van der Waals surface area (Å²) in [6.45, 7) is 4.69. The third-order valence-electron chi connectivity index (χ3n) is 12.3. The zero-order chi connectivity index (χ0) is 39.5. The fourth-order valence-electron chi connectivity index (χ4n) is 9.37. The summed E-state index contributed by atoms with van der Waals surface area (Å²) < 4.78 is 7.33. The van der Waals surface area contributed by atoms with Crippen molar-refractivity contribution in [1.82, 2.24) is 0 Å². The highest BCUT2D eigenvalue weighted by Gasteiger charge is 2.36. The molecule has 280 valence electrons. The lowest BCUT2D eigenvalue weighted by Gasteiger charge is -2.30. The van der Waals surface area contributed by atoms with E-state index in [4.69, 9.17) is 4.74 Å². The van der Waals surface area contributed by atoms with Gasteiger partial charge >= 0.3 is 0 Å². The Labute approximate surface area is 346 Å². The van der Waals surface area contributed by atoms with Gasteiger partial charge in [-0.3, -0.25) is 0 Å². The molecule has 1 heterocycles. The van der Waals surface area contributed by atoms with E-state index in [0.717, 1.165) is 61.9 Å². The first-order chi connectivity index (χ1) is 29.0. The quantitative estimate of drug-likeness (QED) is 0.168. The summed E-state index contributed by atoms with van der Waals surface area (Å²) in [5.41, 5.74) is 19.7. The van der Waals surface area contributed by atoms with Crippen LogP contribution in [0.4, 0.5) is 17.1 Å². The van der Waals surface area contributed by atoms with Gasteiger partial charge in [-0.1, -0.05) is 190 Å². The fraction of sp³-hybridized carbons (Fsp3) is 0.0526. The van der Waals surface area contributed by atoms with Gasteiger partial charge in [0.2, 0.25) is 0 Å². The number of fused-ring (bicyclic) bond motifs is 8. The van der Waals surface area contributed by atoms with Crippen molar-refractivity contribution in [1.29, 1.82) is 0 Å². The summed E-state index contributed by atoms with van der Waals surface area (Å²) in [6.07, 6.45) is 0. The Morgan fingerprint density at radius 1 is 0.356 bits per heavy atom. The molecule has 0 N–H and O–H groups in total. The predicted molar refractivity (Wildman–Crippen MR) is 246 cm³/mol. The number of para-hydroxylation sites is 1. The van der Waals surface area contributed by atoms with Gasteiger partial charge in [0.25, 0.3) is 0 Å². The average Bonchev–Trinajstić information content (AvgIpc) is 3.42. The maximum Gasteiger partial charge on any atom is 0.159 e. The molecule has 1 aliphatic heterocycles. The molecule has 0 saturated heterocycles. The van der Waals surface area contributed by atoms with E-state index in [9.17, 15) is 0 Å². The van der Waals surface area contributed by atoms with Crippen LogP contribution in [-0.2, 0) is 5.41 Å². The van der Waals surface area contributed by atoms with Crippen LogP contribution in [0.2, 0.25) is 0 Å². The van der Waals surface area contributed by atoms with Crippen molar-refractivity contribution in [2.24, 2.45) is 0 Å². The predicted octanol–water partition coefficient (Wildman–Crippen LogP) is 15.9. The second kappa shape index (κ2) is 13.9. The van der Waals surface area contributed by atoms with Crippen LogP contribution in [0.5, 0.6) is 11.5 Å². The summed E-state index contributed by atoms with van der Waals surface area (Å²) >= 11 is 0. The standard InChI is InChI=1S/C57H41NO/c1-57(2)51-24-12-11-20-47(51)48-36-35-44(37-52(48)57)58(43-33-31-41(32-34-43)39-17-7-4-8-18-39)53-25-13-23-50-46-19-9-10-21-49(46)55-45(22-14-26-54(55)59-56(50)53)42-29-27-40(28-30-42)38-15-5-3-6-16-38/h3-37H,1-2H3. The maximum absolute atomic E-state index is 7.33. The van der Waals surface area contributed by atoms with Crippen molar-refractivity contribution >= 4 is 17.1 Å². The first-order valence-corrected chi connectivity index (χ1v) is 20.4. The third kappa shape index (κ3) is 5.79. The minimum Gasteiger partial charge on any atom is -0.454 e. The van der Waals surface area contributed by atoms with Gasteiger partial charge in [0, 0.05) is 27.9 Å². The number of hydrogen-bond donors (Lipinski definition) is 0. The van der Waals surface area contributed by atoms with Crippen molar-refractivity contribution in [3.05, 3.63) is 223 Å². The molecule has 9 aromatic rings. The van der Waals surface area contributed by atoms with E-state index in [1.54, 1.807) is 0 Å². The Morgan fingerprint density at radius 2 is 0.864 bits per heavy atom. The zero-order valence-electron chi connectivity index (χ0n) is 33.1. The topological polar surface area (TPSA) is 12.5 Å². The largest absolute Gasteiger partial charge is 0.454 e. The van der Waals surface area contributed by atoms with E-state index >= 15 is 0 Å². The minimum absolute atomic E-state index is 0.150. The second-order valence-corrected chi connectivity index (χ2v) is 16.1. The Hall–Kier alpha value is -7.42. The lowest BCUT2D eigenvalue weighted by molar-refractivity contribution is 0.489. The molecule has 2 heteroatoms. The van der Waals surface area contributed by atoms with Gasteiger partial charge in [-0.25, -0.2) is 0 Å². The molecule has 2 nitrogen and oxygen atoms in total. The highest BCUT2D eigenvalue weighted by atomic mass is 16.5. The van der Waals surface area contributed by atoms with Crippen LogP contribution in [0.3, 0.4) is 0 Å². The van der Waals surface area contributed by atoms with Crippen LogP contribution >= 0.6 is 0 Å². The number of hydrogen-bond acceptors (Lipinski definition) is 2. The summed E-state index contributed by atoms with van der Waals surface area (Å²) in [4.78, 5) is 2.38. The summed E-state index contributed by atoms with van der Waals surface area (Å²) in [7, 11) is 0. The van der Waals surface area contributed by atoms with Gasteiger partial charge < -0.3 is 9.64 Å². The highest BCUT2D eigenvalue weighted by molar-refractivity contribution is 6.00. The van der Waals surface area contributed by atoms with Crippen LogP contribution in [0, 0.1) is 0 Å². The van der Waals surface area contributed by atoms with Crippen LogP contribution in [0.1, 0.15) is 25.0 Å². The molecule has 59 heavy (non-hydrogen) atoms. The Bertz CT molecular complexity index is 3020. The molecule has 0 spiro atoms. The van der Waals surface area contributed by atoms with E-state index in [2.05, 4.69) is 231 Å². The third-order valence-corrected chi connectivity index (χ3v) is 12.3. The lowest BCUT2D eigenvalue weighted by atomic mass is 9.82. The number of rotatable bonds is 6. The molecule has 0 fully saturated rings. The highest BCUT2D eigenvalue weighted by Crippen LogP contribution is 2.56.